The molecule has 1 aromatic carbocycles. The van der Waals surface area contributed by atoms with E-state index in [0.29, 0.717) is 11.6 Å². The molecule has 0 saturated heterocycles. The molecule has 0 atom stereocenters. The molecule has 0 aliphatic rings. The molecule has 3 nitrogen and oxygen atoms in total. The van der Waals surface area contributed by atoms with Gasteiger partial charge in [0.15, 0.2) is 5.13 Å². The SMILES string of the molecule is CCC(=O)Nc1nc(-c2ccccc2)c(C)s1. The highest BCUT2D eigenvalue weighted by Crippen LogP contribution is 2.30. The van der Waals surface area contributed by atoms with E-state index in [0.717, 1.165) is 16.1 Å². The van der Waals surface area contributed by atoms with Crippen LogP contribution in [0.4, 0.5) is 5.13 Å². The Balaban J connectivity index is 2.28. The molecule has 0 saturated carbocycles. The molecule has 1 aromatic heterocycles. The second-order valence-electron chi connectivity index (χ2n) is 3.69. The molecule has 0 unspecified atom stereocenters. The molecule has 88 valence electrons. The highest BCUT2D eigenvalue weighted by molar-refractivity contribution is 7.16. The largest absolute Gasteiger partial charge is 0.302 e. The summed E-state index contributed by atoms with van der Waals surface area (Å²) >= 11 is 1.51. The van der Waals surface area contributed by atoms with Crippen molar-refractivity contribution in [1.82, 2.24) is 4.98 Å². The average molecular weight is 246 g/mol. The van der Waals surface area contributed by atoms with E-state index in [9.17, 15) is 4.79 Å². The fraction of sp³-hybridized carbons (Fsp3) is 0.231. The zero-order valence-electron chi connectivity index (χ0n) is 9.86. The number of amides is 1. The monoisotopic (exact) mass is 246 g/mol. The molecule has 0 aliphatic heterocycles. The molecule has 0 bridgehead atoms. The molecule has 2 rings (SSSR count). The Morgan fingerprint density at radius 1 is 1.35 bits per heavy atom. The van der Waals surface area contributed by atoms with Crippen LogP contribution in [0.15, 0.2) is 30.3 Å². The van der Waals surface area contributed by atoms with Crippen LogP contribution in [0.5, 0.6) is 0 Å². The fourth-order valence-corrected chi connectivity index (χ4v) is 2.37. The first-order valence-electron chi connectivity index (χ1n) is 5.53. The number of thiazole rings is 1. The van der Waals surface area contributed by atoms with Gasteiger partial charge in [0, 0.05) is 16.9 Å². The number of nitrogens with one attached hydrogen (secondary N) is 1. The number of hydrogen-bond donors (Lipinski definition) is 1. The number of aryl methyl sites for hydroxylation is 1. The van der Waals surface area contributed by atoms with Gasteiger partial charge in [0.25, 0.3) is 0 Å². The number of anilines is 1. The number of rotatable bonds is 3. The third-order valence-corrected chi connectivity index (χ3v) is 3.30. The van der Waals surface area contributed by atoms with Crippen molar-refractivity contribution >= 4 is 22.4 Å². The molecule has 0 aliphatic carbocycles. The molecule has 0 radical (unpaired) electrons. The Labute approximate surface area is 105 Å². The summed E-state index contributed by atoms with van der Waals surface area (Å²) in [6.07, 6.45) is 0.472. The van der Waals surface area contributed by atoms with Crippen molar-refractivity contribution in [1.29, 1.82) is 0 Å². The van der Waals surface area contributed by atoms with Crippen LogP contribution in [0.2, 0.25) is 0 Å². The first-order chi connectivity index (χ1) is 8.20. The highest BCUT2D eigenvalue weighted by atomic mass is 32.1. The number of hydrogen-bond acceptors (Lipinski definition) is 3. The van der Waals surface area contributed by atoms with Crippen molar-refractivity contribution in [3.8, 4) is 11.3 Å². The van der Waals surface area contributed by atoms with Crippen LogP contribution >= 0.6 is 11.3 Å². The molecular formula is C13H14N2OS. The van der Waals surface area contributed by atoms with Crippen molar-refractivity contribution in [2.24, 2.45) is 0 Å². The zero-order chi connectivity index (χ0) is 12.3. The van der Waals surface area contributed by atoms with Gasteiger partial charge in [-0.15, -0.1) is 11.3 Å². The maximum atomic E-state index is 11.3. The van der Waals surface area contributed by atoms with Crippen LogP contribution in [-0.4, -0.2) is 10.9 Å². The summed E-state index contributed by atoms with van der Waals surface area (Å²) in [4.78, 5) is 16.9. The number of nitrogens with zero attached hydrogens (tertiary/aromatic N) is 1. The van der Waals surface area contributed by atoms with Crippen LogP contribution < -0.4 is 5.32 Å². The number of aromatic nitrogens is 1. The van der Waals surface area contributed by atoms with Gasteiger partial charge in [-0.2, -0.15) is 0 Å². The predicted octanol–water partition coefficient (Wildman–Crippen LogP) is 3.47. The number of benzene rings is 1. The lowest BCUT2D eigenvalue weighted by atomic mass is 10.1. The van der Waals surface area contributed by atoms with Gasteiger partial charge in [0.1, 0.15) is 0 Å². The number of carbonyl (C=O) groups is 1. The minimum absolute atomic E-state index is 0.00152. The molecule has 1 amide bonds. The Morgan fingerprint density at radius 3 is 2.71 bits per heavy atom. The van der Waals surface area contributed by atoms with E-state index in [4.69, 9.17) is 0 Å². The summed E-state index contributed by atoms with van der Waals surface area (Å²) in [6.45, 7) is 3.84. The quantitative estimate of drug-likeness (QED) is 0.901. The minimum atomic E-state index is -0.00152. The van der Waals surface area contributed by atoms with Gasteiger partial charge in [-0.3, -0.25) is 4.79 Å². The third kappa shape index (κ3) is 2.71. The molecule has 2 aromatic rings. The van der Waals surface area contributed by atoms with Crippen molar-refractivity contribution in [3.63, 3.8) is 0 Å². The van der Waals surface area contributed by atoms with Crippen LogP contribution in [0.3, 0.4) is 0 Å². The van der Waals surface area contributed by atoms with Gasteiger partial charge < -0.3 is 5.32 Å². The van der Waals surface area contributed by atoms with Crippen LogP contribution in [0.1, 0.15) is 18.2 Å². The van der Waals surface area contributed by atoms with Gasteiger partial charge in [-0.1, -0.05) is 37.3 Å². The second kappa shape index (κ2) is 5.10. The first-order valence-corrected chi connectivity index (χ1v) is 6.35. The molecule has 17 heavy (non-hydrogen) atoms. The van der Waals surface area contributed by atoms with E-state index in [1.165, 1.54) is 11.3 Å². The lowest BCUT2D eigenvalue weighted by Crippen LogP contribution is -2.08. The second-order valence-corrected chi connectivity index (χ2v) is 4.89. The lowest BCUT2D eigenvalue weighted by Gasteiger charge is -1.97. The topological polar surface area (TPSA) is 42.0 Å². The summed E-state index contributed by atoms with van der Waals surface area (Å²) < 4.78 is 0. The first kappa shape index (κ1) is 11.8. The fourth-order valence-electron chi connectivity index (χ4n) is 1.52. The van der Waals surface area contributed by atoms with Gasteiger partial charge >= 0.3 is 0 Å². The van der Waals surface area contributed by atoms with E-state index in [1.54, 1.807) is 0 Å². The lowest BCUT2D eigenvalue weighted by molar-refractivity contribution is -0.115. The van der Waals surface area contributed by atoms with Crippen LogP contribution in [0.25, 0.3) is 11.3 Å². The maximum absolute atomic E-state index is 11.3. The summed E-state index contributed by atoms with van der Waals surface area (Å²) in [7, 11) is 0. The molecule has 4 heteroatoms. The van der Waals surface area contributed by atoms with Gasteiger partial charge in [0.2, 0.25) is 5.91 Å². The Hall–Kier alpha value is -1.68. The van der Waals surface area contributed by atoms with E-state index < -0.39 is 0 Å². The van der Waals surface area contributed by atoms with Crippen molar-refractivity contribution < 1.29 is 4.79 Å². The maximum Gasteiger partial charge on any atom is 0.225 e. The van der Waals surface area contributed by atoms with Gasteiger partial charge in [0.05, 0.1) is 5.69 Å². The molecule has 1 heterocycles. The van der Waals surface area contributed by atoms with Gasteiger partial charge in [-0.05, 0) is 6.92 Å². The Kier molecular flexibility index (Phi) is 3.54. The molecule has 1 N–H and O–H groups in total. The highest BCUT2D eigenvalue weighted by Gasteiger charge is 2.10. The van der Waals surface area contributed by atoms with Crippen molar-refractivity contribution in [2.75, 3.05) is 5.32 Å². The van der Waals surface area contributed by atoms with Crippen LogP contribution in [-0.2, 0) is 4.79 Å². The summed E-state index contributed by atoms with van der Waals surface area (Å²) in [5.74, 6) is -0.00152. The van der Waals surface area contributed by atoms with Crippen LogP contribution in [0, 0.1) is 6.92 Å². The van der Waals surface area contributed by atoms with E-state index in [1.807, 2.05) is 44.2 Å². The zero-order valence-corrected chi connectivity index (χ0v) is 10.7. The minimum Gasteiger partial charge on any atom is -0.302 e. The van der Waals surface area contributed by atoms with Crippen molar-refractivity contribution in [3.05, 3.63) is 35.2 Å². The predicted molar refractivity (Wildman–Crippen MR) is 71.2 cm³/mol. The molecular weight excluding hydrogens is 232 g/mol. The Morgan fingerprint density at radius 2 is 2.06 bits per heavy atom. The number of carbonyl (C=O) groups excluding carboxylic acids is 1. The van der Waals surface area contributed by atoms with E-state index in [-0.39, 0.29) is 5.91 Å². The molecule has 0 fully saturated rings. The summed E-state index contributed by atoms with van der Waals surface area (Å²) in [5.41, 5.74) is 2.03. The van der Waals surface area contributed by atoms with E-state index in [2.05, 4.69) is 10.3 Å². The standard InChI is InChI=1S/C13H14N2OS/c1-3-11(16)14-13-15-12(9(2)17-13)10-7-5-4-6-8-10/h4-8H,3H2,1-2H3,(H,14,15,16). The van der Waals surface area contributed by atoms with Gasteiger partial charge in [-0.25, -0.2) is 4.98 Å². The average Bonchev–Trinajstić information content (AvgIpc) is 2.71. The normalized spacial score (nSPS) is 10.2. The summed E-state index contributed by atoms with van der Waals surface area (Å²) in [5, 5.41) is 3.47. The smallest absolute Gasteiger partial charge is 0.225 e. The van der Waals surface area contributed by atoms with E-state index >= 15 is 0 Å². The molecule has 0 spiro atoms. The third-order valence-electron chi connectivity index (χ3n) is 2.41. The summed E-state index contributed by atoms with van der Waals surface area (Å²) in [6, 6.07) is 9.99. The van der Waals surface area contributed by atoms with Crippen molar-refractivity contribution in [2.45, 2.75) is 20.3 Å². The Bertz CT molecular complexity index is 519.